The van der Waals surface area contributed by atoms with E-state index < -0.39 is 23.9 Å². The molecule has 0 aromatic heterocycles. The van der Waals surface area contributed by atoms with Crippen LogP contribution in [0.3, 0.4) is 0 Å². The molecule has 0 aliphatic rings. The van der Waals surface area contributed by atoms with Gasteiger partial charge in [-0.25, -0.2) is 9.18 Å². The van der Waals surface area contributed by atoms with Gasteiger partial charge >= 0.3 is 6.03 Å². The maximum atomic E-state index is 12.9. The monoisotopic (exact) mass is 358 g/mol. The first kappa shape index (κ1) is 19.1. The Bertz CT molecular complexity index is 788. The van der Waals surface area contributed by atoms with Gasteiger partial charge < -0.3 is 10.1 Å². The molecule has 2 aromatic carbocycles. The number of halogens is 1. The minimum absolute atomic E-state index is 0.251. The molecule has 3 amide bonds. The lowest BCUT2D eigenvalue weighted by Gasteiger charge is -2.14. The van der Waals surface area contributed by atoms with E-state index in [4.69, 9.17) is 4.74 Å². The first-order chi connectivity index (χ1) is 12.4. The molecule has 0 spiro atoms. The van der Waals surface area contributed by atoms with Crippen molar-refractivity contribution in [3.05, 3.63) is 65.5 Å². The Balaban J connectivity index is 1.98. The van der Waals surface area contributed by atoms with Crippen LogP contribution in [0, 0.1) is 5.82 Å². The smallest absolute Gasteiger partial charge is 0.321 e. The van der Waals surface area contributed by atoms with E-state index in [1.807, 2.05) is 0 Å². The van der Waals surface area contributed by atoms with Crippen LogP contribution in [0.15, 0.2) is 48.5 Å². The van der Waals surface area contributed by atoms with Crippen molar-refractivity contribution in [2.45, 2.75) is 20.0 Å². The molecule has 1 atom stereocenters. The number of carbonyl (C=O) groups excluding carboxylic acids is 3. The molecule has 0 saturated heterocycles. The predicted molar refractivity (Wildman–Crippen MR) is 93.6 cm³/mol. The van der Waals surface area contributed by atoms with Gasteiger partial charge in [-0.05, 0) is 62.4 Å². The first-order valence-electron chi connectivity index (χ1n) is 8.06. The minimum atomic E-state index is -0.892. The van der Waals surface area contributed by atoms with Gasteiger partial charge in [0.2, 0.25) is 0 Å². The predicted octanol–water partition coefficient (Wildman–Crippen LogP) is 2.67. The lowest BCUT2D eigenvalue weighted by Crippen LogP contribution is -2.45. The number of benzene rings is 2. The second kappa shape index (κ2) is 8.75. The molecule has 2 N–H and O–H groups in total. The summed E-state index contributed by atoms with van der Waals surface area (Å²) in [5.74, 6) is -0.870. The van der Waals surface area contributed by atoms with E-state index >= 15 is 0 Å². The zero-order valence-corrected chi connectivity index (χ0v) is 14.4. The Hall–Kier alpha value is -3.22. The van der Waals surface area contributed by atoms with Gasteiger partial charge in [-0.1, -0.05) is 0 Å². The lowest BCUT2D eigenvalue weighted by atomic mass is 10.0. The van der Waals surface area contributed by atoms with Crippen molar-refractivity contribution >= 4 is 17.7 Å². The van der Waals surface area contributed by atoms with Crippen LogP contribution in [-0.4, -0.2) is 30.4 Å². The molecule has 2 rings (SSSR count). The first-order valence-corrected chi connectivity index (χ1v) is 8.06. The Kier molecular flexibility index (Phi) is 6.43. The summed E-state index contributed by atoms with van der Waals surface area (Å²) in [5, 5.41) is 4.60. The summed E-state index contributed by atoms with van der Waals surface area (Å²) < 4.78 is 18.4. The quantitative estimate of drug-likeness (QED) is 0.778. The van der Waals surface area contributed by atoms with E-state index in [1.54, 1.807) is 31.2 Å². The summed E-state index contributed by atoms with van der Waals surface area (Å²) in [6.07, 6.45) is -0.892. The maximum Gasteiger partial charge on any atom is 0.321 e. The molecule has 0 heterocycles. The molecule has 0 saturated carbocycles. The van der Waals surface area contributed by atoms with Crippen molar-refractivity contribution in [2.24, 2.45) is 0 Å². The number of carbonyl (C=O) groups is 3. The van der Waals surface area contributed by atoms with Gasteiger partial charge in [0.15, 0.2) is 11.9 Å². The molecule has 7 heteroatoms. The van der Waals surface area contributed by atoms with Gasteiger partial charge in [0, 0.05) is 17.7 Å². The molecular formula is C19H19FN2O4. The standard InChI is InChI=1S/C19H19FN2O4/c1-3-21-19(25)22-18(24)12(2)26-16-10-6-14(7-11-16)17(23)13-4-8-15(20)9-5-13/h4-12H,3H2,1-2H3,(H2,21,22,24,25). The van der Waals surface area contributed by atoms with E-state index in [0.717, 1.165) is 0 Å². The second-order valence-corrected chi connectivity index (χ2v) is 5.47. The van der Waals surface area contributed by atoms with Crippen molar-refractivity contribution in [3.63, 3.8) is 0 Å². The normalized spacial score (nSPS) is 11.3. The summed E-state index contributed by atoms with van der Waals surface area (Å²) >= 11 is 0. The fourth-order valence-electron chi connectivity index (χ4n) is 2.13. The summed E-state index contributed by atoms with van der Waals surface area (Å²) in [6, 6.07) is 10.9. The van der Waals surface area contributed by atoms with Gasteiger partial charge in [0.05, 0.1) is 0 Å². The molecular weight excluding hydrogens is 339 g/mol. The molecule has 0 aliphatic carbocycles. The summed E-state index contributed by atoms with van der Waals surface area (Å²) in [6.45, 7) is 3.64. The van der Waals surface area contributed by atoms with Crippen LogP contribution >= 0.6 is 0 Å². The Morgan fingerprint density at radius 2 is 1.54 bits per heavy atom. The van der Waals surface area contributed by atoms with Gasteiger partial charge in [0.25, 0.3) is 5.91 Å². The number of hydrogen-bond donors (Lipinski definition) is 2. The van der Waals surface area contributed by atoms with Crippen molar-refractivity contribution < 1.29 is 23.5 Å². The molecule has 6 nitrogen and oxygen atoms in total. The van der Waals surface area contributed by atoms with E-state index in [2.05, 4.69) is 10.6 Å². The Labute approximate surface area is 150 Å². The highest BCUT2D eigenvalue weighted by Gasteiger charge is 2.17. The maximum absolute atomic E-state index is 12.9. The minimum Gasteiger partial charge on any atom is -0.481 e. The van der Waals surface area contributed by atoms with Crippen LogP contribution in [0.2, 0.25) is 0 Å². The van der Waals surface area contributed by atoms with E-state index in [0.29, 0.717) is 23.4 Å². The molecule has 26 heavy (non-hydrogen) atoms. The van der Waals surface area contributed by atoms with E-state index in [1.165, 1.54) is 31.2 Å². The number of nitrogens with one attached hydrogen (secondary N) is 2. The number of ketones is 1. The van der Waals surface area contributed by atoms with Crippen molar-refractivity contribution in [1.29, 1.82) is 0 Å². The van der Waals surface area contributed by atoms with Crippen molar-refractivity contribution in [3.8, 4) is 5.75 Å². The van der Waals surface area contributed by atoms with Gasteiger partial charge in [0.1, 0.15) is 11.6 Å². The van der Waals surface area contributed by atoms with Crippen LogP contribution in [0.4, 0.5) is 9.18 Å². The average molecular weight is 358 g/mol. The van der Waals surface area contributed by atoms with Crippen LogP contribution in [0.25, 0.3) is 0 Å². The molecule has 0 radical (unpaired) electrons. The highest BCUT2D eigenvalue weighted by molar-refractivity contribution is 6.09. The molecule has 0 aliphatic heterocycles. The fourth-order valence-corrected chi connectivity index (χ4v) is 2.13. The number of urea groups is 1. The highest BCUT2D eigenvalue weighted by atomic mass is 19.1. The second-order valence-electron chi connectivity index (χ2n) is 5.47. The van der Waals surface area contributed by atoms with Crippen molar-refractivity contribution in [1.82, 2.24) is 10.6 Å². The topological polar surface area (TPSA) is 84.5 Å². The van der Waals surface area contributed by atoms with Gasteiger partial charge in [-0.2, -0.15) is 0 Å². The number of imide groups is 1. The molecule has 2 aromatic rings. The van der Waals surface area contributed by atoms with Crippen molar-refractivity contribution in [2.75, 3.05) is 6.54 Å². The van der Waals surface area contributed by atoms with E-state index in [9.17, 15) is 18.8 Å². The zero-order chi connectivity index (χ0) is 19.1. The highest BCUT2D eigenvalue weighted by Crippen LogP contribution is 2.17. The lowest BCUT2D eigenvalue weighted by molar-refractivity contribution is -0.126. The third kappa shape index (κ3) is 5.14. The van der Waals surface area contributed by atoms with Crippen LogP contribution in [-0.2, 0) is 4.79 Å². The SMILES string of the molecule is CCNC(=O)NC(=O)C(C)Oc1ccc(C(=O)c2ccc(F)cc2)cc1. The van der Waals surface area contributed by atoms with Crippen LogP contribution in [0.1, 0.15) is 29.8 Å². The third-order valence-electron chi connectivity index (χ3n) is 3.48. The zero-order valence-electron chi connectivity index (χ0n) is 14.4. The summed E-state index contributed by atoms with van der Waals surface area (Å²) in [5.41, 5.74) is 0.776. The largest absolute Gasteiger partial charge is 0.481 e. The summed E-state index contributed by atoms with van der Waals surface area (Å²) in [4.78, 5) is 35.5. The van der Waals surface area contributed by atoms with Crippen LogP contribution in [0.5, 0.6) is 5.75 Å². The number of amides is 3. The Morgan fingerprint density at radius 3 is 2.08 bits per heavy atom. The van der Waals surface area contributed by atoms with E-state index in [-0.39, 0.29) is 5.78 Å². The molecule has 1 unspecified atom stereocenters. The van der Waals surface area contributed by atoms with Gasteiger partial charge in [-0.15, -0.1) is 0 Å². The number of hydrogen-bond acceptors (Lipinski definition) is 4. The molecule has 136 valence electrons. The Morgan fingerprint density at radius 1 is 1.00 bits per heavy atom. The summed E-state index contributed by atoms with van der Waals surface area (Å²) in [7, 11) is 0. The average Bonchev–Trinajstić information content (AvgIpc) is 2.62. The fraction of sp³-hybridized carbons (Fsp3) is 0.211. The van der Waals surface area contributed by atoms with Crippen LogP contribution < -0.4 is 15.4 Å². The number of rotatable bonds is 6. The number of ether oxygens (including phenoxy) is 1. The third-order valence-corrected chi connectivity index (χ3v) is 3.48. The van der Waals surface area contributed by atoms with Gasteiger partial charge in [-0.3, -0.25) is 14.9 Å². The molecule has 0 fully saturated rings. The molecule has 0 bridgehead atoms.